The van der Waals surface area contributed by atoms with Crippen LogP contribution in [0.15, 0.2) is 58.3 Å². The van der Waals surface area contributed by atoms with Crippen LogP contribution in [0.3, 0.4) is 0 Å². The average Bonchev–Trinajstić information content (AvgIpc) is 2.90. The first kappa shape index (κ1) is 31.1. The van der Waals surface area contributed by atoms with Crippen molar-refractivity contribution in [1.29, 1.82) is 0 Å². The monoisotopic (exact) mass is 611 g/mol. The van der Waals surface area contributed by atoms with Gasteiger partial charge in [0.25, 0.3) is 0 Å². The number of methoxy groups -OCH3 is 1. The summed E-state index contributed by atoms with van der Waals surface area (Å²) in [5.74, 6) is -0.998. The van der Waals surface area contributed by atoms with Gasteiger partial charge in [0.15, 0.2) is 0 Å². The Balaban J connectivity index is 1.66. The third kappa shape index (κ3) is 7.94. The van der Waals surface area contributed by atoms with E-state index in [9.17, 15) is 30.9 Å². The molecule has 0 aromatic heterocycles. The summed E-state index contributed by atoms with van der Waals surface area (Å²) in [6, 6.07) is 11.0. The molecule has 1 saturated carbocycles. The Labute approximate surface area is 241 Å². The van der Waals surface area contributed by atoms with Gasteiger partial charge in [-0.3, -0.25) is 0 Å². The number of carbonyl (C=O) groups is 1. The highest BCUT2D eigenvalue weighted by Crippen LogP contribution is 2.44. The summed E-state index contributed by atoms with van der Waals surface area (Å²) in [7, 11) is -3.33. The summed E-state index contributed by atoms with van der Waals surface area (Å²) in [6.07, 6.45) is 3.49. The zero-order valence-corrected chi connectivity index (χ0v) is 24.3. The average molecular weight is 612 g/mol. The highest BCUT2D eigenvalue weighted by atomic mass is 32.2. The van der Waals surface area contributed by atoms with Gasteiger partial charge in [0.1, 0.15) is 21.6 Å². The summed E-state index contributed by atoms with van der Waals surface area (Å²) in [4.78, 5) is 12.6. The van der Waals surface area contributed by atoms with Crippen LogP contribution >= 0.6 is 11.8 Å². The molecule has 12 heteroatoms. The fraction of sp³-hybridized carbons (Fsp3) is 0.414. The maximum Gasteiger partial charge on any atom is 0.446 e. The summed E-state index contributed by atoms with van der Waals surface area (Å²) in [5, 5.41) is 0.888. The molecule has 222 valence electrons. The van der Waals surface area contributed by atoms with Crippen LogP contribution in [0.1, 0.15) is 67.8 Å². The first-order valence-corrected chi connectivity index (χ1v) is 15.3. The lowest BCUT2D eigenvalue weighted by Crippen LogP contribution is -2.25. The van der Waals surface area contributed by atoms with Gasteiger partial charge >= 0.3 is 11.5 Å². The number of esters is 1. The number of benzene rings is 3. The second-order valence-electron chi connectivity index (χ2n) is 10.3. The Morgan fingerprint density at radius 1 is 1.00 bits per heavy atom. The summed E-state index contributed by atoms with van der Waals surface area (Å²) >= 11 is -0.303. The molecular weight excluding hydrogens is 581 g/mol. The van der Waals surface area contributed by atoms with Crippen molar-refractivity contribution in [3.8, 4) is 11.5 Å². The van der Waals surface area contributed by atoms with Gasteiger partial charge in [0.05, 0.1) is 15.4 Å². The van der Waals surface area contributed by atoms with Crippen LogP contribution in [0.4, 0.5) is 13.2 Å². The first-order chi connectivity index (χ1) is 19.2. The number of thioether (sulfide) groups is 1. The van der Waals surface area contributed by atoms with Crippen molar-refractivity contribution in [2.24, 2.45) is 5.92 Å². The van der Waals surface area contributed by atoms with Crippen LogP contribution < -0.4 is 9.47 Å². The molecule has 3 aromatic rings. The number of alkyl halides is 3. The molecule has 1 aliphatic carbocycles. The molecule has 41 heavy (non-hydrogen) atoms. The zero-order chi connectivity index (χ0) is 29.9. The molecular formula is C29H30F3O7S2-. The standard InChI is InChI=1S/C29H31F3O7S2/c1-17(2)28(37-3)39-24-14-21-13-20(10-9-19(21)15-25(24)40-29(30,31)32)27(33)38-22-11-12-26(41(34,35)36)23(16-22)18-7-5-4-6-8-18/h9-18,28H,4-8H2,1-3H3,(H,34,35,36)/p-1. The van der Waals surface area contributed by atoms with Gasteiger partial charge in [-0.05, 0) is 89.3 Å². The molecule has 0 heterocycles. The Bertz CT molecular complexity index is 1510. The minimum atomic E-state index is -4.72. The number of ether oxygens (including phenoxy) is 3. The third-order valence-electron chi connectivity index (χ3n) is 6.89. The van der Waals surface area contributed by atoms with Gasteiger partial charge in [-0.2, -0.15) is 13.2 Å². The second kappa shape index (κ2) is 12.6. The lowest BCUT2D eigenvalue weighted by atomic mass is 9.84. The molecule has 7 nitrogen and oxygen atoms in total. The molecule has 1 aliphatic rings. The largest absolute Gasteiger partial charge is 0.744 e. The number of carbonyl (C=O) groups excluding carboxylic acids is 1. The van der Waals surface area contributed by atoms with Gasteiger partial charge < -0.3 is 18.8 Å². The third-order valence-corrected chi connectivity index (χ3v) is 8.57. The molecule has 0 bridgehead atoms. The molecule has 3 aromatic carbocycles. The van der Waals surface area contributed by atoms with Crippen LogP contribution in [0.5, 0.6) is 11.5 Å². The topological polar surface area (TPSA) is 102 Å². The molecule has 0 saturated heterocycles. The van der Waals surface area contributed by atoms with Gasteiger partial charge in [-0.15, -0.1) is 0 Å². The maximum absolute atomic E-state index is 13.3. The fourth-order valence-electron chi connectivity index (χ4n) is 4.98. The van der Waals surface area contributed by atoms with E-state index in [-0.39, 0.29) is 50.5 Å². The summed E-state index contributed by atoms with van der Waals surface area (Å²) in [5.41, 5.74) is -4.09. The molecule has 0 amide bonds. The van der Waals surface area contributed by atoms with Crippen LogP contribution in [0, 0.1) is 5.92 Å². The summed E-state index contributed by atoms with van der Waals surface area (Å²) in [6.45, 7) is 3.61. The lowest BCUT2D eigenvalue weighted by Gasteiger charge is -2.25. The molecule has 0 spiro atoms. The first-order valence-electron chi connectivity index (χ1n) is 13.1. The van der Waals surface area contributed by atoms with E-state index in [1.165, 1.54) is 55.6 Å². The molecule has 0 radical (unpaired) electrons. The van der Waals surface area contributed by atoms with Crippen molar-refractivity contribution in [1.82, 2.24) is 0 Å². The number of halogens is 3. The Hall–Kier alpha value is -2.80. The van der Waals surface area contributed by atoms with E-state index in [1.807, 2.05) is 0 Å². The molecule has 1 unspecified atom stereocenters. The van der Waals surface area contributed by atoms with Crippen molar-refractivity contribution in [2.45, 2.75) is 73.5 Å². The highest BCUT2D eigenvalue weighted by molar-refractivity contribution is 8.00. The van der Waals surface area contributed by atoms with E-state index in [0.717, 1.165) is 32.1 Å². The minimum absolute atomic E-state index is 0.0440. The van der Waals surface area contributed by atoms with E-state index in [1.54, 1.807) is 13.8 Å². The zero-order valence-electron chi connectivity index (χ0n) is 22.7. The quantitative estimate of drug-likeness (QED) is 0.0800. The molecule has 0 aliphatic heterocycles. The van der Waals surface area contributed by atoms with Crippen LogP contribution in [0.25, 0.3) is 10.8 Å². The smallest absolute Gasteiger partial charge is 0.446 e. The number of hydrogen-bond acceptors (Lipinski definition) is 8. The Kier molecular flexibility index (Phi) is 9.57. The van der Waals surface area contributed by atoms with Gasteiger partial charge in [0.2, 0.25) is 6.29 Å². The van der Waals surface area contributed by atoms with Crippen molar-refractivity contribution < 1.29 is 45.1 Å². The SMILES string of the molecule is COC(Oc1cc2cc(C(=O)Oc3ccc(S(=O)(=O)[O-])c(C4CCCCC4)c3)ccc2cc1SC(F)(F)F)C(C)C. The van der Waals surface area contributed by atoms with Gasteiger partial charge in [0, 0.05) is 13.0 Å². The Morgan fingerprint density at radius 3 is 2.32 bits per heavy atom. The number of hydrogen-bond donors (Lipinski definition) is 0. The Morgan fingerprint density at radius 2 is 1.71 bits per heavy atom. The van der Waals surface area contributed by atoms with E-state index in [2.05, 4.69) is 0 Å². The summed E-state index contributed by atoms with van der Waals surface area (Å²) < 4.78 is 92.1. The van der Waals surface area contributed by atoms with E-state index < -0.39 is 27.9 Å². The van der Waals surface area contributed by atoms with Gasteiger partial charge in [-0.25, -0.2) is 13.2 Å². The van der Waals surface area contributed by atoms with Crippen LogP contribution in [-0.2, 0) is 14.9 Å². The highest BCUT2D eigenvalue weighted by Gasteiger charge is 2.32. The van der Waals surface area contributed by atoms with Crippen LogP contribution in [-0.4, -0.2) is 37.8 Å². The predicted molar refractivity (Wildman–Crippen MR) is 147 cm³/mol. The predicted octanol–water partition coefficient (Wildman–Crippen LogP) is 7.63. The van der Waals surface area contributed by atoms with Crippen molar-refractivity contribution >= 4 is 38.6 Å². The molecule has 4 rings (SSSR count). The van der Waals surface area contributed by atoms with Gasteiger partial charge in [-0.1, -0.05) is 39.2 Å². The van der Waals surface area contributed by atoms with Crippen LogP contribution in [0.2, 0.25) is 0 Å². The molecule has 0 N–H and O–H groups in total. The second-order valence-corrected chi connectivity index (χ2v) is 12.7. The van der Waals surface area contributed by atoms with Crippen molar-refractivity contribution in [2.75, 3.05) is 7.11 Å². The fourth-order valence-corrected chi connectivity index (χ4v) is 6.37. The van der Waals surface area contributed by atoms with E-state index in [4.69, 9.17) is 14.2 Å². The minimum Gasteiger partial charge on any atom is -0.744 e. The number of rotatable bonds is 9. The van der Waals surface area contributed by atoms with E-state index >= 15 is 0 Å². The normalized spacial score (nSPS) is 15.7. The van der Waals surface area contributed by atoms with Crippen molar-refractivity contribution in [3.05, 3.63) is 59.7 Å². The number of fused-ring (bicyclic) bond motifs is 1. The molecule has 1 atom stereocenters. The molecule has 1 fully saturated rings. The lowest BCUT2D eigenvalue weighted by molar-refractivity contribution is -0.0849. The van der Waals surface area contributed by atoms with Crippen molar-refractivity contribution in [3.63, 3.8) is 0 Å². The van der Waals surface area contributed by atoms with E-state index in [0.29, 0.717) is 16.3 Å². The maximum atomic E-state index is 13.3.